The predicted molar refractivity (Wildman–Crippen MR) is 284 cm³/mol. The van der Waals surface area contributed by atoms with Gasteiger partial charge < -0.3 is 28.4 Å². The summed E-state index contributed by atoms with van der Waals surface area (Å²) in [5.41, 5.74) is 0.512. The van der Waals surface area contributed by atoms with E-state index in [-0.39, 0.29) is 33.1 Å². The molecule has 6 rings (SSSR count). The van der Waals surface area contributed by atoms with E-state index in [1.54, 1.807) is 83.1 Å². The van der Waals surface area contributed by atoms with E-state index in [1.807, 2.05) is 91.0 Å². The molecule has 0 unspecified atom stereocenters. The SMILES string of the molecule is CC(C)(C)C(=O)OC[C@H]1O[C@@H](SCc2ccccc2C2=N[C@@H](c3ccccc3)CO2)[C@H](OC(=O)C(C)(C)C)[C@@H](OC(=O)C(C)(C)C)[C@@H]1OC(=O)C(C)(C)C.F[P-](F)(F)(F)(F)F.[CH]([CH]c1ccccc1)[CH]c1ccccc1.[Pd+2]. The van der Waals surface area contributed by atoms with Gasteiger partial charge in [0.05, 0.1) is 21.7 Å². The van der Waals surface area contributed by atoms with E-state index in [4.69, 9.17) is 33.4 Å². The Kier molecular flexibility index (Phi) is 22.8. The Morgan fingerprint density at radius 1 is 0.584 bits per heavy atom. The number of hydrogen-bond donors (Lipinski definition) is 0. The van der Waals surface area contributed by atoms with Crippen LogP contribution in [0, 0.1) is 40.9 Å². The number of halogens is 6. The molecule has 4 aromatic carbocycles. The van der Waals surface area contributed by atoms with Crippen LogP contribution in [0.2, 0.25) is 0 Å². The number of carbonyl (C=O) groups excluding carboxylic acids is 4. The fraction of sp³-hybridized carbons (Fsp3) is 0.439. The van der Waals surface area contributed by atoms with Gasteiger partial charge in [0.25, 0.3) is 0 Å². The first kappa shape index (κ1) is 66.5. The molecule has 2 heterocycles. The molecule has 11 nitrogen and oxygen atoms in total. The molecule has 0 bridgehead atoms. The van der Waals surface area contributed by atoms with Crippen LogP contribution in [0.1, 0.15) is 117 Å². The first-order chi connectivity index (χ1) is 34.9. The van der Waals surface area contributed by atoms with Crippen molar-refractivity contribution in [1.82, 2.24) is 0 Å². The Labute approximate surface area is 467 Å². The molecule has 3 radical (unpaired) electrons. The monoisotopic (exact) mass is 1210 g/mol. The molecular formula is C57H70F6NO10PPdS+. The summed E-state index contributed by atoms with van der Waals surface area (Å²) in [5, 5.41) is 0. The Morgan fingerprint density at radius 3 is 1.44 bits per heavy atom. The number of thioether (sulfide) groups is 1. The summed E-state index contributed by atoms with van der Waals surface area (Å²) in [7, 11) is -10.7. The normalized spacial score (nSPS) is 20.5. The van der Waals surface area contributed by atoms with Gasteiger partial charge in [-0.1, -0.05) is 109 Å². The fourth-order valence-electron chi connectivity index (χ4n) is 6.62. The van der Waals surface area contributed by atoms with Crippen LogP contribution in [-0.4, -0.2) is 72.8 Å². The maximum absolute atomic E-state index is 13.6. The molecule has 20 heteroatoms. The number of esters is 4. The van der Waals surface area contributed by atoms with Gasteiger partial charge in [-0.2, -0.15) is 0 Å². The van der Waals surface area contributed by atoms with Crippen LogP contribution in [-0.2, 0) is 73.8 Å². The van der Waals surface area contributed by atoms with Crippen molar-refractivity contribution in [3.8, 4) is 0 Å². The summed E-state index contributed by atoms with van der Waals surface area (Å²) in [6, 6.07) is 38.1. The van der Waals surface area contributed by atoms with Crippen LogP contribution in [0.3, 0.4) is 0 Å². The quantitative estimate of drug-likeness (QED) is 0.0392. The predicted octanol–water partition coefficient (Wildman–Crippen LogP) is 14.7. The van der Waals surface area contributed by atoms with Crippen LogP contribution in [0.25, 0.3) is 0 Å². The molecule has 2 aliphatic rings. The molecule has 6 atom stereocenters. The van der Waals surface area contributed by atoms with Crippen LogP contribution < -0.4 is 0 Å². The molecule has 0 aliphatic carbocycles. The molecule has 0 spiro atoms. The molecule has 77 heavy (non-hydrogen) atoms. The fourth-order valence-corrected chi connectivity index (χ4v) is 7.83. The molecular weight excluding hydrogens is 1140 g/mol. The average molecular weight is 1210 g/mol. The zero-order chi connectivity index (χ0) is 57.0. The Hall–Kier alpha value is -4.79. The van der Waals surface area contributed by atoms with Gasteiger partial charge in [-0.3, -0.25) is 19.2 Å². The van der Waals surface area contributed by atoms with Crippen molar-refractivity contribution < 1.29 is 93.2 Å². The Morgan fingerprint density at radius 2 is 0.987 bits per heavy atom. The summed E-state index contributed by atoms with van der Waals surface area (Å²) in [6.07, 6.45) is 1.35. The van der Waals surface area contributed by atoms with Gasteiger partial charge in [0.2, 0.25) is 5.90 Å². The molecule has 0 aromatic heterocycles. The molecule has 0 amide bonds. The second kappa shape index (κ2) is 26.4. The maximum atomic E-state index is 13.6. The van der Waals surface area contributed by atoms with Crippen molar-refractivity contribution in [2.45, 2.75) is 125 Å². The van der Waals surface area contributed by atoms with Crippen LogP contribution in [0.4, 0.5) is 25.2 Å². The number of hydrogen-bond acceptors (Lipinski definition) is 12. The minimum absolute atomic E-state index is 0. The van der Waals surface area contributed by atoms with Gasteiger partial charge in [0, 0.05) is 11.3 Å². The number of rotatable bonds is 14. The van der Waals surface area contributed by atoms with E-state index >= 15 is 0 Å². The summed E-state index contributed by atoms with van der Waals surface area (Å²) in [6.45, 7) is 20.6. The van der Waals surface area contributed by atoms with Gasteiger partial charge in [-0.25, -0.2) is 4.99 Å². The smallest absolute Gasteiger partial charge is 0.0622 e. The summed E-state index contributed by atoms with van der Waals surface area (Å²) in [4.78, 5) is 58.7. The van der Waals surface area contributed by atoms with E-state index in [9.17, 15) is 44.4 Å². The zero-order valence-electron chi connectivity index (χ0n) is 45.3. The third-order valence-electron chi connectivity index (χ3n) is 10.8. The number of ether oxygens (including phenoxy) is 6. The third-order valence-corrected chi connectivity index (χ3v) is 12.0. The number of aliphatic imine (C=N–C) groups is 1. The van der Waals surface area contributed by atoms with Crippen LogP contribution in [0.15, 0.2) is 120 Å². The van der Waals surface area contributed by atoms with Crippen molar-refractivity contribution in [3.05, 3.63) is 162 Å². The van der Waals surface area contributed by atoms with Gasteiger partial charge in [-0.05, 0) is 131 Å². The van der Waals surface area contributed by atoms with Crippen LogP contribution in [0.5, 0.6) is 0 Å². The van der Waals surface area contributed by atoms with E-state index in [2.05, 4.69) is 43.5 Å². The van der Waals surface area contributed by atoms with Gasteiger partial charge in [-0.15, -0.1) is 11.8 Å². The first-order valence-electron chi connectivity index (χ1n) is 24.5. The number of carbonyl (C=O) groups is 4. The van der Waals surface area contributed by atoms with E-state index in [0.29, 0.717) is 18.3 Å². The topological polar surface area (TPSA) is 136 Å². The van der Waals surface area contributed by atoms with Gasteiger partial charge in [0.1, 0.15) is 30.8 Å². The number of nitrogens with zero attached hydrogens (tertiary/aromatic N) is 1. The molecule has 1 saturated heterocycles. The van der Waals surface area contributed by atoms with Gasteiger partial charge in [0.15, 0.2) is 18.3 Å². The molecule has 4 aromatic rings. The molecule has 425 valence electrons. The summed E-state index contributed by atoms with van der Waals surface area (Å²) >= 11 is 1.31. The first-order valence-corrected chi connectivity index (χ1v) is 27.5. The third kappa shape index (κ3) is 24.0. The van der Waals surface area contributed by atoms with E-state index in [0.717, 1.165) is 16.7 Å². The zero-order valence-corrected chi connectivity index (χ0v) is 48.5. The second-order valence-corrected chi connectivity index (χ2v) is 25.2. The van der Waals surface area contributed by atoms with Gasteiger partial charge >= 0.3 is 77.3 Å². The minimum Gasteiger partial charge on any atom is -0.0622 e. The molecule has 2 aliphatic heterocycles. The van der Waals surface area contributed by atoms with Crippen molar-refractivity contribution >= 4 is 49.3 Å². The van der Waals surface area contributed by atoms with Crippen molar-refractivity contribution in [2.24, 2.45) is 26.7 Å². The second-order valence-electron chi connectivity index (χ2n) is 22.2. The number of benzene rings is 4. The average Bonchev–Trinajstić information content (AvgIpc) is 3.81. The molecule has 0 saturated carbocycles. The minimum atomic E-state index is -10.7. The van der Waals surface area contributed by atoms with E-state index in [1.165, 1.54) is 22.9 Å². The van der Waals surface area contributed by atoms with Crippen LogP contribution >= 0.6 is 19.6 Å². The van der Waals surface area contributed by atoms with E-state index < -0.39 is 83.2 Å². The molecule has 1 fully saturated rings. The van der Waals surface area contributed by atoms with Crippen molar-refractivity contribution in [3.63, 3.8) is 0 Å². The van der Waals surface area contributed by atoms with Crippen molar-refractivity contribution in [1.29, 1.82) is 0 Å². The Balaban J connectivity index is 0.000000557. The Bertz CT molecular complexity index is 2540. The largest absolute Gasteiger partial charge is 2.00 e. The molecule has 0 N–H and O–H groups in total. The van der Waals surface area contributed by atoms with Crippen molar-refractivity contribution in [2.75, 3.05) is 13.2 Å². The maximum Gasteiger partial charge on any atom is 2.00 e. The summed E-state index contributed by atoms with van der Waals surface area (Å²) in [5.74, 6) is -1.43. The standard InChI is InChI=1S/C42H57NO10S.C15H13.F6P.Pd/c1-39(2,3)35(44)49-23-29-30(51-36(45)40(4,5)6)31(52-37(46)41(7,8)9)32(53-38(47)42(10,11)12)34(50-29)54-24-26-20-16-17-21-27(26)33-43-28(22-48-33)25-18-14-13-15-19-25;1-3-8-14(9-4-1)12-7-13-15-10-5-2-6-11-15;1-7(2,3,4,5)6;/h13-21,28-32,34H,22-24H2,1-12H3;1-13H;;/q;;-1;+2/t28-,29-,30-,31+,32-,34+;;;/m1.../s1. The summed E-state index contributed by atoms with van der Waals surface area (Å²) < 4.78 is 96.1.